The van der Waals surface area contributed by atoms with Gasteiger partial charge < -0.3 is 19.0 Å². The van der Waals surface area contributed by atoms with Crippen molar-refractivity contribution in [3.8, 4) is 11.3 Å². The van der Waals surface area contributed by atoms with Crippen LogP contribution in [0, 0.1) is 10.1 Å². The van der Waals surface area contributed by atoms with Gasteiger partial charge in [0.25, 0.3) is 11.6 Å². The molecule has 2 heterocycles. The lowest BCUT2D eigenvalue weighted by Crippen LogP contribution is -2.52. The first kappa shape index (κ1) is 26.3. The fraction of sp³-hybridized carbons (Fsp3) is 0.240. The first-order chi connectivity index (χ1) is 17.8. The number of hydrogen-bond donors (Lipinski definition) is 1. The van der Waals surface area contributed by atoms with Crippen molar-refractivity contribution in [3.63, 3.8) is 0 Å². The van der Waals surface area contributed by atoms with Crippen molar-refractivity contribution in [3.05, 3.63) is 80.5 Å². The second kappa shape index (κ2) is 11.5. The van der Waals surface area contributed by atoms with Crippen LogP contribution in [0.15, 0.2) is 63.5 Å². The van der Waals surface area contributed by atoms with Crippen LogP contribution in [0.1, 0.15) is 27.8 Å². The molecule has 2 aromatic carbocycles. The molecule has 3 aromatic rings. The monoisotopic (exact) mass is 586 g/mol. The largest absolute Gasteiger partial charge is 0.462 e. The number of furan rings is 1. The molecule has 0 atom stereocenters. The Morgan fingerprint density at radius 1 is 1.11 bits per heavy atom. The van der Waals surface area contributed by atoms with Crippen LogP contribution in [-0.2, 0) is 4.74 Å². The van der Waals surface area contributed by atoms with Gasteiger partial charge in [0.1, 0.15) is 11.4 Å². The average molecular weight is 587 g/mol. The minimum Gasteiger partial charge on any atom is -0.462 e. The van der Waals surface area contributed by atoms with Gasteiger partial charge in [-0.1, -0.05) is 28.1 Å². The van der Waals surface area contributed by atoms with Crippen molar-refractivity contribution in [2.24, 2.45) is 0 Å². The number of amides is 1. The van der Waals surface area contributed by atoms with Crippen LogP contribution in [0.5, 0.6) is 0 Å². The van der Waals surface area contributed by atoms with Gasteiger partial charge in [-0.3, -0.25) is 20.2 Å². The quantitative estimate of drug-likeness (QED) is 0.191. The summed E-state index contributed by atoms with van der Waals surface area (Å²) in [7, 11) is 0. The van der Waals surface area contributed by atoms with Gasteiger partial charge >= 0.3 is 5.97 Å². The third kappa shape index (κ3) is 6.15. The molecule has 1 amide bonds. The maximum Gasteiger partial charge on any atom is 0.338 e. The smallest absolute Gasteiger partial charge is 0.338 e. The van der Waals surface area contributed by atoms with E-state index in [4.69, 9.17) is 21.4 Å². The van der Waals surface area contributed by atoms with E-state index in [0.29, 0.717) is 37.6 Å². The second-order valence-corrected chi connectivity index (χ2v) is 9.39. The highest BCUT2D eigenvalue weighted by atomic mass is 79.9. The van der Waals surface area contributed by atoms with Crippen LogP contribution in [0.3, 0.4) is 0 Å². The SMILES string of the molecule is CCOC(=O)c1ccc(N2CCN(C(=S)NC(=O)c3ccc(-c4ccc(Br)cc4)o3)CC2)c([N+](=O)[O-])c1. The summed E-state index contributed by atoms with van der Waals surface area (Å²) in [6.45, 7) is 3.60. The fourth-order valence-corrected chi connectivity index (χ4v) is 4.44. The van der Waals surface area contributed by atoms with Crippen LogP contribution < -0.4 is 10.2 Å². The molecule has 1 aliphatic heterocycles. The van der Waals surface area contributed by atoms with E-state index in [9.17, 15) is 19.7 Å². The predicted octanol–water partition coefficient (Wildman–Crippen LogP) is 4.63. The number of carbonyl (C=O) groups excluding carboxylic acids is 2. The molecule has 0 saturated carbocycles. The molecular weight excluding hydrogens is 564 g/mol. The molecule has 1 aliphatic rings. The first-order valence-corrected chi connectivity index (χ1v) is 12.6. The molecule has 1 aromatic heterocycles. The molecule has 37 heavy (non-hydrogen) atoms. The van der Waals surface area contributed by atoms with Gasteiger partial charge in [0.2, 0.25) is 0 Å². The molecule has 0 radical (unpaired) electrons. The number of anilines is 1. The zero-order chi connectivity index (χ0) is 26.5. The molecule has 1 fully saturated rings. The summed E-state index contributed by atoms with van der Waals surface area (Å²) in [4.78, 5) is 39.5. The third-order valence-corrected chi connectivity index (χ3v) is 6.66. The summed E-state index contributed by atoms with van der Waals surface area (Å²) in [5.74, 6) is -0.367. The van der Waals surface area contributed by atoms with Gasteiger partial charge in [0.05, 0.1) is 17.1 Å². The van der Waals surface area contributed by atoms with E-state index in [0.717, 1.165) is 10.0 Å². The Morgan fingerprint density at radius 3 is 2.46 bits per heavy atom. The number of nitro benzene ring substituents is 1. The van der Waals surface area contributed by atoms with E-state index >= 15 is 0 Å². The number of thiocarbonyl (C=S) groups is 1. The Balaban J connectivity index is 1.36. The number of benzene rings is 2. The molecule has 1 saturated heterocycles. The van der Waals surface area contributed by atoms with Gasteiger partial charge in [-0.25, -0.2) is 4.79 Å². The van der Waals surface area contributed by atoms with Crippen molar-refractivity contribution in [2.75, 3.05) is 37.7 Å². The topological polar surface area (TPSA) is 118 Å². The lowest BCUT2D eigenvalue weighted by Gasteiger charge is -2.36. The molecule has 1 N–H and O–H groups in total. The molecular formula is C25H23BrN4O6S. The van der Waals surface area contributed by atoms with Crippen LogP contribution >= 0.6 is 28.1 Å². The van der Waals surface area contributed by atoms with Crippen molar-refractivity contribution in [1.29, 1.82) is 0 Å². The number of piperazine rings is 1. The van der Waals surface area contributed by atoms with Gasteiger partial charge in [0.15, 0.2) is 10.9 Å². The Hall–Kier alpha value is -3.77. The summed E-state index contributed by atoms with van der Waals surface area (Å²) in [5.41, 5.74) is 1.20. The second-order valence-electron chi connectivity index (χ2n) is 8.09. The highest BCUT2D eigenvalue weighted by molar-refractivity contribution is 9.10. The van der Waals surface area contributed by atoms with E-state index in [1.807, 2.05) is 34.1 Å². The number of halogens is 1. The number of ether oxygens (including phenoxy) is 1. The van der Waals surface area contributed by atoms with E-state index in [1.165, 1.54) is 12.1 Å². The fourth-order valence-electron chi connectivity index (χ4n) is 3.90. The third-order valence-electron chi connectivity index (χ3n) is 5.77. The van der Waals surface area contributed by atoms with Crippen molar-refractivity contribution < 1.29 is 23.7 Å². The zero-order valence-corrected chi connectivity index (χ0v) is 22.2. The molecule has 192 valence electrons. The maximum absolute atomic E-state index is 12.7. The average Bonchev–Trinajstić information content (AvgIpc) is 3.39. The Labute approximate surface area is 226 Å². The van der Waals surface area contributed by atoms with Gasteiger partial charge in [0, 0.05) is 42.3 Å². The summed E-state index contributed by atoms with van der Waals surface area (Å²) < 4.78 is 11.6. The Bertz CT molecular complexity index is 1340. The van der Waals surface area contributed by atoms with E-state index < -0.39 is 16.8 Å². The lowest BCUT2D eigenvalue weighted by molar-refractivity contribution is -0.384. The maximum atomic E-state index is 12.7. The van der Waals surface area contributed by atoms with E-state index in [2.05, 4.69) is 21.2 Å². The first-order valence-electron chi connectivity index (χ1n) is 11.4. The molecule has 12 heteroatoms. The number of nitrogens with zero attached hydrogens (tertiary/aromatic N) is 3. The normalized spacial score (nSPS) is 13.2. The van der Waals surface area contributed by atoms with Crippen molar-refractivity contribution >= 4 is 56.5 Å². The van der Waals surface area contributed by atoms with Gasteiger partial charge in [-0.05, 0) is 55.5 Å². The molecule has 0 spiro atoms. The van der Waals surface area contributed by atoms with E-state index in [1.54, 1.807) is 25.1 Å². The number of esters is 1. The Morgan fingerprint density at radius 2 is 1.81 bits per heavy atom. The summed E-state index contributed by atoms with van der Waals surface area (Å²) in [6.07, 6.45) is 0. The van der Waals surface area contributed by atoms with Gasteiger partial charge in [-0.15, -0.1) is 0 Å². The molecule has 0 bridgehead atoms. The summed E-state index contributed by atoms with van der Waals surface area (Å²) in [6, 6.07) is 15.1. The van der Waals surface area contributed by atoms with Crippen molar-refractivity contribution in [1.82, 2.24) is 10.2 Å². The predicted molar refractivity (Wildman–Crippen MR) is 145 cm³/mol. The molecule has 10 nitrogen and oxygen atoms in total. The number of carbonyl (C=O) groups is 2. The number of nitro groups is 1. The number of rotatable bonds is 6. The minimum absolute atomic E-state index is 0.126. The van der Waals surface area contributed by atoms with Crippen molar-refractivity contribution in [2.45, 2.75) is 6.92 Å². The molecule has 0 unspecified atom stereocenters. The van der Waals surface area contributed by atoms with Crippen LogP contribution in [-0.4, -0.2) is 59.6 Å². The minimum atomic E-state index is -0.608. The molecule has 4 rings (SSSR count). The summed E-state index contributed by atoms with van der Waals surface area (Å²) in [5, 5.41) is 14.6. The standard InChI is InChI=1S/C25H23BrN4O6S/c1-2-35-24(32)17-5-8-19(20(15-17)30(33)34)28-11-13-29(14-12-28)25(37)27-23(31)22-10-9-21(36-22)16-3-6-18(26)7-4-16/h3-10,15H,2,11-14H2,1H3,(H,27,31,37). The summed E-state index contributed by atoms with van der Waals surface area (Å²) >= 11 is 8.81. The zero-order valence-electron chi connectivity index (χ0n) is 19.8. The Kier molecular flexibility index (Phi) is 8.19. The van der Waals surface area contributed by atoms with Gasteiger partial charge in [-0.2, -0.15) is 0 Å². The van der Waals surface area contributed by atoms with Crippen LogP contribution in [0.25, 0.3) is 11.3 Å². The number of nitrogens with one attached hydrogen (secondary N) is 1. The van der Waals surface area contributed by atoms with E-state index in [-0.39, 0.29) is 28.7 Å². The highest BCUT2D eigenvalue weighted by Gasteiger charge is 2.27. The molecule has 0 aliphatic carbocycles. The number of hydrogen-bond acceptors (Lipinski definition) is 8. The van der Waals surface area contributed by atoms with Crippen LogP contribution in [0.4, 0.5) is 11.4 Å². The lowest BCUT2D eigenvalue weighted by atomic mass is 10.1. The highest BCUT2D eigenvalue weighted by Crippen LogP contribution is 2.30. The van der Waals surface area contributed by atoms with Crippen LogP contribution in [0.2, 0.25) is 0 Å².